The number of nitrogens with two attached hydrogens (primary N) is 1. The monoisotopic (exact) mass is 300 g/mol. The van der Waals surface area contributed by atoms with Crippen LogP contribution in [0.15, 0.2) is 24.5 Å². The van der Waals surface area contributed by atoms with Gasteiger partial charge in [-0.1, -0.05) is 0 Å². The number of carbonyl (C=O) groups is 1. The Labute approximate surface area is 128 Å². The summed E-state index contributed by atoms with van der Waals surface area (Å²) in [7, 11) is 0. The predicted molar refractivity (Wildman–Crippen MR) is 81.6 cm³/mol. The highest BCUT2D eigenvalue weighted by Gasteiger charge is 2.27. The van der Waals surface area contributed by atoms with Crippen molar-refractivity contribution in [2.45, 2.75) is 31.7 Å². The van der Waals surface area contributed by atoms with Crippen LogP contribution >= 0.6 is 0 Å². The van der Waals surface area contributed by atoms with Crippen LogP contribution in [-0.2, 0) is 11.2 Å². The summed E-state index contributed by atoms with van der Waals surface area (Å²) in [4.78, 5) is 20.4. The van der Waals surface area contributed by atoms with Gasteiger partial charge in [0.1, 0.15) is 5.82 Å². The van der Waals surface area contributed by atoms with Crippen LogP contribution in [0.25, 0.3) is 11.4 Å². The molecule has 2 aromatic rings. The molecule has 2 atom stereocenters. The van der Waals surface area contributed by atoms with Gasteiger partial charge in [0.25, 0.3) is 0 Å². The number of aromatic amines is 1. The smallest absolute Gasteiger partial charge is 0.223 e. The summed E-state index contributed by atoms with van der Waals surface area (Å²) in [5, 5.41) is 10.0. The summed E-state index contributed by atoms with van der Waals surface area (Å²) in [6.07, 6.45) is 6.67. The molecule has 4 N–H and O–H groups in total. The van der Waals surface area contributed by atoms with E-state index in [0.29, 0.717) is 18.8 Å². The zero-order valence-corrected chi connectivity index (χ0v) is 12.3. The quantitative estimate of drug-likeness (QED) is 0.751. The van der Waals surface area contributed by atoms with Crippen molar-refractivity contribution in [3.05, 3.63) is 30.4 Å². The van der Waals surface area contributed by atoms with Gasteiger partial charge in [-0.05, 0) is 31.4 Å². The second-order valence-corrected chi connectivity index (χ2v) is 5.66. The average Bonchev–Trinajstić information content (AvgIpc) is 3.17. The molecule has 1 aliphatic carbocycles. The van der Waals surface area contributed by atoms with E-state index in [1.54, 1.807) is 12.4 Å². The van der Waals surface area contributed by atoms with Gasteiger partial charge in [-0.2, -0.15) is 5.10 Å². The molecule has 0 unspecified atom stereocenters. The standard InChI is InChI=1S/C15H20N6O/c16-12-4-3-10(8-12)15(22)18-7-5-13-19-14(21-20-13)11-2-1-6-17-9-11/h1-2,6,9-10,12H,3-5,7-8,16H2,(H,18,22)(H,19,20,21)/t10-,12+/m1/s1. The first-order valence-electron chi connectivity index (χ1n) is 7.57. The summed E-state index contributed by atoms with van der Waals surface area (Å²) >= 11 is 0. The molecule has 1 saturated carbocycles. The molecule has 0 bridgehead atoms. The van der Waals surface area contributed by atoms with Gasteiger partial charge in [0.2, 0.25) is 5.91 Å². The zero-order chi connectivity index (χ0) is 15.4. The third-order valence-corrected chi connectivity index (χ3v) is 3.96. The van der Waals surface area contributed by atoms with Gasteiger partial charge in [0.05, 0.1) is 0 Å². The maximum Gasteiger partial charge on any atom is 0.223 e. The van der Waals surface area contributed by atoms with Crippen LogP contribution in [0.4, 0.5) is 0 Å². The summed E-state index contributed by atoms with van der Waals surface area (Å²) in [5.41, 5.74) is 6.70. The third kappa shape index (κ3) is 3.48. The van der Waals surface area contributed by atoms with Crippen LogP contribution in [0, 0.1) is 5.92 Å². The molecule has 22 heavy (non-hydrogen) atoms. The number of nitrogens with zero attached hydrogens (tertiary/aromatic N) is 3. The van der Waals surface area contributed by atoms with E-state index in [1.807, 2.05) is 12.1 Å². The summed E-state index contributed by atoms with van der Waals surface area (Å²) in [5.74, 6) is 1.54. The zero-order valence-electron chi connectivity index (χ0n) is 12.3. The van der Waals surface area contributed by atoms with E-state index >= 15 is 0 Å². The highest BCUT2D eigenvalue weighted by molar-refractivity contribution is 5.79. The lowest BCUT2D eigenvalue weighted by atomic mass is 10.1. The molecule has 1 aliphatic rings. The van der Waals surface area contributed by atoms with Gasteiger partial charge >= 0.3 is 0 Å². The summed E-state index contributed by atoms with van der Waals surface area (Å²) in [6, 6.07) is 3.93. The van der Waals surface area contributed by atoms with Crippen molar-refractivity contribution >= 4 is 5.91 Å². The Balaban J connectivity index is 1.48. The lowest BCUT2D eigenvalue weighted by Gasteiger charge is -2.09. The number of H-pyrrole nitrogens is 1. The Bertz CT molecular complexity index is 626. The van der Waals surface area contributed by atoms with Crippen molar-refractivity contribution in [2.24, 2.45) is 11.7 Å². The number of aromatic nitrogens is 4. The van der Waals surface area contributed by atoms with Crippen LogP contribution in [0.2, 0.25) is 0 Å². The van der Waals surface area contributed by atoms with E-state index in [0.717, 1.165) is 30.7 Å². The molecule has 0 saturated heterocycles. The fourth-order valence-electron chi connectivity index (χ4n) is 2.73. The van der Waals surface area contributed by atoms with Crippen LogP contribution in [0.3, 0.4) is 0 Å². The molecule has 1 fully saturated rings. The SMILES string of the molecule is N[C@H]1CC[C@@H](C(=O)NCCc2nc(-c3cccnc3)n[nH]2)C1. The molecule has 116 valence electrons. The van der Waals surface area contributed by atoms with Crippen LogP contribution < -0.4 is 11.1 Å². The number of rotatable bonds is 5. The highest BCUT2D eigenvalue weighted by Crippen LogP contribution is 2.23. The number of carbonyl (C=O) groups excluding carboxylic acids is 1. The number of amides is 1. The third-order valence-electron chi connectivity index (χ3n) is 3.96. The Hall–Kier alpha value is -2.28. The number of hydrogen-bond acceptors (Lipinski definition) is 5. The lowest BCUT2D eigenvalue weighted by molar-refractivity contribution is -0.124. The molecular formula is C15H20N6O. The Morgan fingerprint density at radius 1 is 1.45 bits per heavy atom. The molecule has 3 rings (SSSR count). The topological polar surface area (TPSA) is 110 Å². The van der Waals surface area contributed by atoms with Gasteiger partial charge < -0.3 is 11.1 Å². The fraction of sp³-hybridized carbons (Fsp3) is 0.467. The van der Waals surface area contributed by atoms with Crippen LogP contribution in [-0.4, -0.2) is 38.7 Å². The number of pyridine rings is 1. The van der Waals surface area contributed by atoms with Crippen molar-refractivity contribution in [1.29, 1.82) is 0 Å². The van der Waals surface area contributed by atoms with Gasteiger partial charge in [-0.25, -0.2) is 4.98 Å². The molecule has 0 spiro atoms. The summed E-state index contributed by atoms with van der Waals surface area (Å²) in [6.45, 7) is 0.548. The normalized spacial score (nSPS) is 21.0. The first kappa shape index (κ1) is 14.6. The highest BCUT2D eigenvalue weighted by atomic mass is 16.1. The molecule has 7 heteroatoms. The van der Waals surface area contributed by atoms with Crippen molar-refractivity contribution < 1.29 is 4.79 Å². The van der Waals surface area contributed by atoms with Gasteiger partial charge in [0.15, 0.2) is 5.82 Å². The van der Waals surface area contributed by atoms with E-state index in [1.165, 1.54) is 0 Å². The van der Waals surface area contributed by atoms with E-state index in [9.17, 15) is 4.79 Å². The molecule has 7 nitrogen and oxygen atoms in total. The van der Waals surface area contributed by atoms with Gasteiger partial charge in [-0.15, -0.1) is 0 Å². The Morgan fingerprint density at radius 3 is 3.09 bits per heavy atom. The Morgan fingerprint density at radius 2 is 2.36 bits per heavy atom. The molecule has 2 heterocycles. The Kier molecular flexibility index (Phi) is 4.43. The van der Waals surface area contributed by atoms with Crippen LogP contribution in [0.5, 0.6) is 0 Å². The van der Waals surface area contributed by atoms with Crippen LogP contribution in [0.1, 0.15) is 25.1 Å². The number of hydrogen-bond donors (Lipinski definition) is 3. The van der Waals surface area contributed by atoms with E-state index in [4.69, 9.17) is 5.73 Å². The van der Waals surface area contributed by atoms with Crippen molar-refractivity contribution in [1.82, 2.24) is 25.5 Å². The molecule has 2 aromatic heterocycles. The van der Waals surface area contributed by atoms with Crippen molar-refractivity contribution in [3.8, 4) is 11.4 Å². The molecule has 0 radical (unpaired) electrons. The van der Waals surface area contributed by atoms with E-state index in [-0.39, 0.29) is 17.9 Å². The predicted octanol–water partition coefficient (Wildman–Crippen LogP) is 0.653. The summed E-state index contributed by atoms with van der Waals surface area (Å²) < 4.78 is 0. The molecular weight excluding hydrogens is 280 g/mol. The molecule has 0 aliphatic heterocycles. The first-order chi connectivity index (χ1) is 10.7. The minimum absolute atomic E-state index is 0.0654. The largest absolute Gasteiger partial charge is 0.355 e. The fourth-order valence-corrected chi connectivity index (χ4v) is 2.73. The van der Waals surface area contributed by atoms with Gasteiger partial charge in [-0.3, -0.25) is 14.9 Å². The maximum absolute atomic E-state index is 12.0. The first-order valence-corrected chi connectivity index (χ1v) is 7.57. The molecule has 0 aromatic carbocycles. The van der Waals surface area contributed by atoms with E-state index < -0.39 is 0 Å². The van der Waals surface area contributed by atoms with Crippen molar-refractivity contribution in [2.75, 3.05) is 6.54 Å². The minimum atomic E-state index is 0.0654. The van der Waals surface area contributed by atoms with E-state index in [2.05, 4.69) is 25.5 Å². The number of nitrogens with one attached hydrogen (secondary N) is 2. The van der Waals surface area contributed by atoms with Gasteiger partial charge in [0, 0.05) is 42.9 Å². The second-order valence-electron chi connectivity index (χ2n) is 5.66. The average molecular weight is 300 g/mol. The molecule has 1 amide bonds. The van der Waals surface area contributed by atoms with Crippen molar-refractivity contribution in [3.63, 3.8) is 0 Å². The minimum Gasteiger partial charge on any atom is -0.355 e. The maximum atomic E-state index is 12.0. The lowest BCUT2D eigenvalue weighted by Crippen LogP contribution is -2.32. The second kappa shape index (κ2) is 6.65.